The molecule has 0 aromatic heterocycles. The minimum Gasteiger partial charge on any atom is -0.393 e. The number of nitrogens with one attached hydrogen (secondary N) is 1. The summed E-state index contributed by atoms with van der Waals surface area (Å²) in [4.78, 5) is 14.1. The van der Waals surface area contributed by atoms with Crippen molar-refractivity contribution in [3.8, 4) is 0 Å². The lowest BCUT2D eigenvalue weighted by molar-refractivity contribution is -0.122. The fraction of sp³-hybridized carbons (Fsp3) is 0.632. The van der Waals surface area contributed by atoms with Crippen molar-refractivity contribution in [2.45, 2.75) is 50.5 Å². The molecule has 134 valence electrons. The van der Waals surface area contributed by atoms with E-state index in [0.717, 1.165) is 31.2 Å². The van der Waals surface area contributed by atoms with Crippen LogP contribution in [0.15, 0.2) is 24.3 Å². The van der Waals surface area contributed by atoms with Gasteiger partial charge in [0.2, 0.25) is 5.91 Å². The first-order valence-electron chi connectivity index (χ1n) is 8.81. The molecule has 1 amide bonds. The average Bonchev–Trinajstić information content (AvgIpc) is 3.02. The second-order valence-electron chi connectivity index (χ2n) is 7.15. The maximum Gasteiger partial charge on any atom is 0.234 e. The fourth-order valence-corrected chi connectivity index (χ4v) is 3.48. The molecule has 1 aliphatic carbocycles. The smallest absolute Gasteiger partial charge is 0.234 e. The molecule has 0 saturated heterocycles. The minimum absolute atomic E-state index is 0.00326. The second-order valence-corrected chi connectivity index (χ2v) is 7.15. The van der Waals surface area contributed by atoms with Gasteiger partial charge in [-0.15, -0.1) is 0 Å². The first-order valence-corrected chi connectivity index (χ1v) is 8.81. The third kappa shape index (κ3) is 5.28. The molecule has 1 atom stereocenters. The summed E-state index contributed by atoms with van der Waals surface area (Å²) in [7, 11) is 1.88. The number of hydrogen-bond donors (Lipinski definition) is 2. The molecule has 0 bridgehead atoms. The van der Waals surface area contributed by atoms with Gasteiger partial charge in [-0.1, -0.05) is 25.0 Å². The molecule has 0 heterocycles. The quantitative estimate of drug-likeness (QED) is 0.767. The molecule has 0 radical (unpaired) electrons. The number of hydrogen-bond acceptors (Lipinski definition) is 3. The summed E-state index contributed by atoms with van der Waals surface area (Å²) >= 11 is 0. The lowest BCUT2D eigenvalue weighted by Crippen LogP contribution is -2.43. The summed E-state index contributed by atoms with van der Waals surface area (Å²) in [5.74, 6) is -0.229. The van der Waals surface area contributed by atoms with Crippen LogP contribution in [0, 0.1) is 5.82 Å². The van der Waals surface area contributed by atoms with Crippen molar-refractivity contribution in [2.75, 3.05) is 26.7 Å². The van der Waals surface area contributed by atoms with Gasteiger partial charge in [0.1, 0.15) is 5.82 Å². The molecule has 1 saturated carbocycles. The summed E-state index contributed by atoms with van der Waals surface area (Å²) in [5, 5.41) is 12.4. The Balaban J connectivity index is 1.89. The Bertz CT molecular complexity index is 525. The molecule has 0 spiro atoms. The Morgan fingerprint density at radius 3 is 2.54 bits per heavy atom. The molecule has 1 fully saturated rings. The van der Waals surface area contributed by atoms with Crippen molar-refractivity contribution < 1.29 is 14.3 Å². The summed E-state index contributed by atoms with van der Waals surface area (Å²) in [5.41, 5.74) is 1.05. The van der Waals surface area contributed by atoms with Gasteiger partial charge in [-0.3, -0.25) is 9.69 Å². The van der Waals surface area contributed by atoms with E-state index in [1.165, 1.54) is 12.1 Å². The normalized spacial score (nSPS) is 17.9. The SMILES string of the molecule is CC(O)CCN(C)CC(=O)NCC1(c2ccc(F)cc2)CCCC1. The van der Waals surface area contributed by atoms with Gasteiger partial charge in [0.15, 0.2) is 0 Å². The van der Waals surface area contributed by atoms with E-state index in [-0.39, 0.29) is 23.2 Å². The van der Waals surface area contributed by atoms with Crippen LogP contribution < -0.4 is 5.32 Å². The van der Waals surface area contributed by atoms with Gasteiger partial charge >= 0.3 is 0 Å². The molecular formula is C19H29FN2O2. The lowest BCUT2D eigenvalue weighted by Gasteiger charge is -2.30. The van der Waals surface area contributed by atoms with Crippen LogP contribution in [0.25, 0.3) is 0 Å². The van der Waals surface area contributed by atoms with E-state index in [0.29, 0.717) is 26.1 Å². The number of carbonyl (C=O) groups excluding carboxylic acids is 1. The Kier molecular flexibility index (Phi) is 6.75. The van der Waals surface area contributed by atoms with Gasteiger partial charge < -0.3 is 10.4 Å². The van der Waals surface area contributed by atoms with Crippen LogP contribution in [0.3, 0.4) is 0 Å². The van der Waals surface area contributed by atoms with Crippen LogP contribution >= 0.6 is 0 Å². The number of rotatable bonds is 8. The third-order valence-corrected chi connectivity index (χ3v) is 4.98. The van der Waals surface area contributed by atoms with E-state index in [1.807, 2.05) is 24.1 Å². The molecule has 24 heavy (non-hydrogen) atoms. The molecule has 4 nitrogen and oxygen atoms in total. The third-order valence-electron chi connectivity index (χ3n) is 4.98. The molecule has 0 aliphatic heterocycles. The number of nitrogens with zero attached hydrogens (tertiary/aromatic N) is 1. The van der Waals surface area contributed by atoms with Gasteiger partial charge in [0.05, 0.1) is 12.6 Å². The van der Waals surface area contributed by atoms with Crippen molar-refractivity contribution in [3.63, 3.8) is 0 Å². The number of halogens is 1. The van der Waals surface area contributed by atoms with Crippen LogP contribution in [-0.2, 0) is 10.2 Å². The van der Waals surface area contributed by atoms with Crippen molar-refractivity contribution in [1.82, 2.24) is 10.2 Å². The number of likely N-dealkylation sites (N-methyl/N-ethyl adjacent to an activating group) is 1. The maximum absolute atomic E-state index is 13.2. The monoisotopic (exact) mass is 336 g/mol. The molecule has 5 heteroatoms. The van der Waals surface area contributed by atoms with Crippen molar-refractivity contribution in [3.05, 3.63) is 35.6 Å². The number of carbonyl (C=O) groups is 1. The van der Waals surface area contributed by atoms with Gasteiger partial charge in [-0.2, -0.15) is 0 Å². The van der Waals surface area contributed by atoms with Gasteiger partial charge in [-0.25, -0.2) is 4.39 Å². The highest BCUT2D eigenvalue weighted by molar-refractivity contribution is 5.78. The molecule has 1 aliphatic rings. The largest absolute Gasteiger partial charge is 0.393 e. The van der Waals surface area contributed by atoms with Crippen molar-refractivity contribution >= 4 is 5.91 Å². The van der Waals surface area contributed by atoms with Crippen molar-refractivity contribution in [2.24, 2.45) is 0 Å². The molecule has 1 aromatic carbocycles. The fourth-order valence-electron chi connectivity index (χ4n) is 3.48. The maximum atomic E-state index is 13.2. The van der Waals surface area contributed by atoms with Crippen molar-refractivity contribution in [1.29, 1.82) is 0 Å². The van der Waals surface area contributed by atoms with Crippen LogP contribution in [0.1, 0.15) is 44.6 Å². The number of aliphatic hydroxyl groups is 1. The van der Waals surface area contributed by atoms with Crippen LogP contribution in [-0.4, -0.2) is 48.7 Å². The van der Waals surface area contributed by atoms with E-state index in [1.54, 1.807) is 6.92 Å². The lowest BCUT2D eigenvalue weighted by atomic mass is 9.79. The van der Waals surface area contributed by atoms with Crippen LogP contribution in [0.4, 0.5) is 4.39 Å². The van der Waals surface area contributed by atoms with E-state index in [4.69, 9.17) is 0 Å². The average molecular weight is 336 g/mol. The highest BCUT2D eigenvalue weighted by atomic mass is 19.1. The summed E-state index contributed by atoms with van der Waals surface area (Å²) in [6.07, 6.45) is 4.63. The van der Waals surface area contributed by atoms with E-state index in [2.05, 4.69) is 5.32 Å². The highest BCUT2D eigenvalue weighted by Crippen LogP contribution is 2.40. The summed E-state index contributed by atoms with van der Waals surface area (Å²) in [6, 6.07) is 6.70. The zero-order valence-corrected chi connectivity index (χ0v) is 14.7. The van der Waals surface area contributed by atoms with Gasteiger partial charge in [0, 0.05) is 18.5 Å². The minimum atomic E-state index is -0.351. The number of benzene rings is 1. The Morgan fingerprint density at radius 1 is 1.33 bits per heavy atom. The van der Waals surface area contributed by atoms with Crippen LogP contribution in [0.2, 0.25) is 0 Å². The number of aliphatic hydroxyl groups excluding tert-OH is 1. The highest BCUT2D eigenvalue weighted by Gasteiger charge is 2.35. The van der Waals surface area contributed by atoms with Gasteiger partial charge in [0.25, 0.3) is 0 Å². The molecule has 2 rings (SSSR count). The molecular weight excluding hydrogens is 307 g/mol. The van der Waals surface area contributed by atoms with Crippen LogP contribution in [0.5, 0.6) is 0 Å². The zero-order chi connectivity index (χ0) is 17.6. The molecule has 1 unspecified atom stereocenters. The first kappa shape index (κ1) is 18.9. The number of amides is 1. The zero-order valence-electron chi connectivity index (χ0n) is 14.7. The van der Waals surface area contributed by atoms with E-state index >= 15 is 0 Å². The second kappa shape index (κ2) is 8.58. The predicted molar refractivity (Wildman–Crippen MR) is 93.4 cm³/mol. The first-order chi connectivity index (χ1) is 11.4. The molecule has 2 N–H and O–H groups in total. The standard InChI is InChI=1S/C19H29FN2O2/c1-15(23)9-12-22(2)13-18(24)21-14-19(10-3-4-11-19)16-5-7-17(20)8-6-16/h5-8,15,23H,3-4,9-14H2,1-2H3,(H,21,24). The van der Waals surface area contributed by atoms with E-state index in [9.17, 15) is 14.3 Å². The predicted octanol–water partition coefficient (Wildman–Crippen LogP) is 2.46. The Hall–Kier alpha value is -1.46. The van der Waals surface area contributed by atoms with E-state index < -0.39 is 0 Å². The molecule has 1 aromatic rings. The topological polar surface area (TPSA) is 52.6 Å². The van der Waals surface area contributed by atoms with Gasteiger partial charge in [-0.05, 0) is 50.9 Å². The summed E-state index contributed by atoms with van der Waals surface area (Å²) < 4.78 is 13.2. The Labute approximate surface area is 144 Å². The summed E-state index contributed by atoms with van der Waals surface area (Å²) in [6.45, 7) is 3.36. The Morgan fingerprint density at radius 2 is 1.96 bits per heavy atom.